The molecule has 3 nitrogen and oxygen atoms in total. The van der Waals surface area contributed by atoms with E-state index in [0.717, 1.165) is 17.7 Å². The minimum Gasteiger partial charge on any atom is -0.350 e. The molecule has 2 aliphatic rings. The summed E-state index contributed by atoms with van der Waals surface area (Å²) in [5.74, 6) is 0. The van der Waals surface area contributed by atoms with Gasteiger partial charge in [-0.25, -0.2) is 8.57 Å². The van der Waals surface area contributed by atoms with Crippen molar-refractivity contribution >= 4 is 9.73 Å². The highest BCUT2D eigenvalue weighted by atomic mass is 32.2. The van der Waals surface area contributed by atoms with Crippen molar-refractivity contribution in [1.29, 1.82) is 0 Å². The molecule has 1 heterocycles. The molecule has 2 atom stereocenters. The largest absolute Gasteiger partial charge is 0.350 e. The lowest BCUT2D eigenvalue weighted by Crippen LogP contribution is -2.24. The van der Waals surface area contributed by atoms with Crippen LogP contribution in [0, 0.1) is 0 Å². The number of hydrogen-bond donors (Lipinski definition) is 0. The fraction of sp³-hybridized carbons (Fsp3) is 0.571. The molecule has 0 radical (unpaired) electrons. The van der Waals surface area contributed by atoms with Gasteiger partial charge in [-0.2, -0.15) is 0 Å². The van der Waals surface area contributed by atoms with Gasteiger partial charge in [0.2, 0.25) is 0 Å². The molecule has 1 saturated heterocycles. The van der Waals surface area contributed by atoms with Crippen LogP contribution >= 0.6 is 0 Å². The van der Waals surface area contributed by atoms with Crippen molar-refractivity contribution in [3.8, 4) is 0 Å². The maximum Gasteiger partial charge on any atom is 0.174 e. The molecule has 1 spiro atoms. The smallest absolute Gasteiger partial charge is 0.174 e. The zero-order valence-corrected chi connectivity index (χ0v) is 11.5. The quantitative estimate of drug-likeness (QED) is 0.771. The fourth-order valence-corrected chi connectivity index (χ4v) is 5.32. The zero-order chi connectivity index (χ0) is 12.6. The van der Waals surface area contributed by atoms with Crippen LogP contribution in [0.5, 0.6) is 0 Å². The van der Waals surface area contributed by atoms with Gasteiger partial charge in [0.1, 0.15) is 15.3 Å². The van der Waals surface area contributed by atoms with E-state index in [1.54, 1.807) is 7.05 Å². The van der Waals surface area contributed by atoms with Crippen molar-refractivity contribution < 1.29 is 8.95 Å². The van der Waals surface area contributed by atoms with Crippen molar-refractivity contribution in [2.45, 2.75) is 48.0 Å². The number of rotatable bonds is 2. The van der Waals surface area contributed by atoms with E-state index in [2.05, 4.69) is 4.36 Å². The number of nitrogens with zero attached hydrogens (tertiary/aromatic N) is 1. The van der Waals surface area contributed by atoms with Crippen LogP contribution in [0.3, 0.4) is 0 Å². The molecule has 0 N–H and O–H groups in total. The van der Waals surface area contributed by atoms with Crippen molar-refractivity contribution in [1.82, 2.24) is 0 Å². The van der Waals surface area contributed by atoms with Crippen molar-refractivity contribution in [3.05, 3.63) is 30.3 Å². The topological polar surface area (TPSA) is 42.0 Å². The third-order valence-electron chi connectivity index (χ3n) is 4.06. The van der Waals surface area contributed by atoms with Crippen LogP contribution in [-0.2, 0) is 14.5 Å². The summed E-state index contributed by atoms with van der Waals surface area (Å²) in [4.78, 5) is 0.806. The molecular formula is C14H19NO2S. The highest BCUT2D eigenvalue weighted by Crippen LogP contribution is 2.52. The molecule has 1 aliphatic heterocycles. The maximum atomic E-state index is 13.1. The summed E-state index contributed by atoms with van der Waals surface area (Å²) in [5.41, 5.74) is -0.331. The first-order chi connectivity index (χ1) is 8.71. The molecule has 18 heavy (non-hydrogen) atoms. The van der Waals surface area contributed by atoms with E-state index >= 15 is 0 Å². The van der Waals surface area contributed by atoms with Crippen LogP contribution in [0.2, 0.25) is 0 Å². The van der Waals surface area contributed by atoms with Crippen molar-refractivity contribution in [2.75, 3.05) is 7.05 Å². The average Bonchev–Trinajstić information content (AvgIpc) is 3.14. The average molecular weight is 265 g/mol. The minimum absolute atomic E-state index is 0.134. The van der Waals surface area contributed by atoms with Gasteiger partial charge in [0.05, 0.1) is 4.90 Å². The van der Waals surface area contributed by atoms with Crippen LogP contribution < -0.4 is 0 Å². The maximum absolute atomic E-state index is 13.1. The van der Waals surface area contributed by atoms with Gasteiger partial charge in [-0.1, -0.05) is 37.5 Å². The second-order valence-corrected chi connectivity index (χ2v) is 7.54. The summed E-state index contributed by atoms with van der Waals surface area (Å²) in [6.45, 7) is 0. The first-order valence-corrected chi connectivity index (χ1v) is 8.16. The minimum atomic E-state index is -2.42. The Bertz CT molecular complexity index is 540. The third kappa shape index (κ3) is 1.79. The van der Waals surface area contributed by atoms with Crippen LogP contribution in [0.1, 0.15) is 32.1 Å². The molecular weight excluding hydrogens is 246 g/mol. The molecule has 1 saturated carbocycles. The summed E-state index contributed by atoms with van der Waals surface area (Å²) in [6.07, 6.45) is 5.72. The third-order valence-corrected chi connectivity index (χ3v) is 6.65. The van der Waals surface area contributed by atoms with Gasteiger partial charge in [-0.15, -0.1) is 0 Å². The highest BCUT2D eigenvalue weighted by molar-refractivity contribution is 7.94. The van der Waals surface area contributed by atoms with Gasteiger partial charge in [0.15, 0.2) is 5.44 Å². The molecule has 4 heteroatoms. The first kappa shape index (κ1) is 12.2. The lowest BCUT2D eigenvalue weighted by atomic mass is 9.90. The van der Waals surface area contributed by atoms with E-state index in [0.29, 0.717) is 0 Å². The zero-order valence-electron chi connectivity index (χ0n) is 10.7. The lowest BCUT2D eigenvalue weighted by Gasteiger charge is -2.19. The highest BCUT2D eigenvalue weighted by Gasteiger charge is 2.61. The lowest BCUT2D eigenvalue weighted by molar-refractivity contribution is 0.236. The fourth-order valence-electron chi connectivity index (χ4n) is 2.98. The number of epoxide rings is 1. The van der Waals surface area contributed by atoms with Gasteiger partial charge in [-0.05, 0) is 25.0 Å². The van der Waals surface area contributed by atoms with Gasteiger partial charge >= 0.3 is 0 Å². The Morgan fingerprint density at radius 3 is 2.50 bits per heavy atom. The number of benzene rings is 1. The van der Waals surface area contributed by atoms with Crippen LogP contribution in [-0.4, -0.2) is 22.3 Å². The summed E-state index contributed by atoms with van der Waals surface area (Å²) in [7, 11) is -0.770. The standard InChI is InChI=1S/C14H19NO2S/c1-15-18(16,12-8-4-2-5-9-12)13-14(17-13)10-6-3-7-11-14/h2,4-5,8-9,13H,3,6-7,10-11H2,1H3. The van der Waals surface area contributed by atoms with E-state index in [1.165, 1.54) is 19.3 Å². The molecule has 0 bridgehead atoms. The summed E-state index contributed by atoms with van der Waals surface area (Å²) in [5, 5.41) is 0. The predicted molar refractivity (Wildman–Crippen MR) is 71.9 cm³/mol. The van der Waals surface area contributed by atoms with Gasteiger partial charge in [0.25, 0.3) is 0 Å². The molecule has 98 valence electrons. The first-order valence-electron chi connectivity index (χ1n) is 6.58. The van der Waals surface area contributed by atoms with Crippen LogP contribution in [0.25, 0.3) is 0 Å². The molecule has 0 aromatic heterocycles. The Balaban J connectivity index is 1.94. The number of ether oxygens (including phenoxy) is 1. The normalized spacial score (nSPS) is 28.6. The summed E-state index contributed by atoms with van der Waals surface area (Å²) >= 11 is 0. The van der Waals surface area contributed by atoms with Crippen molar-refractivity contribution in [2.24, 2.45) is 4.36 Å². The Kier molecular flexibility index (Phi) is 2.94. The van der Waals surface area contributed by atoms with Crippen LogP contribution in [0.4, 0.5) is 0 Å². The molecule has 1 aromatic rings. The Labute approximate surface area is 109 Å². The molecule has 2 unspecified atom stereocenters. The van der Waals surface area contributed by atoms with E-state index < -0.39 is 9.73 Å². The van der Waals surface area contributed by atoms with Gasteiger partial charge < -0.3 is 4.74 Å². The second kappa shape index (κ2) is 4.35. The van der Waals surface area contributed by atoms with Gasteiger partial charge in [0, 0.05) is 7.05 Å². The Hall–Kier alpha value is -0.870. The SMILES string of the molecule is CN=S(=O)(c1ccccc1)C1OC12CCCCC2. The molecule has 1 aliphatic carbocycles. The van der Waals surface area contributed by atoms with E-state index in [9.17, 15) is 4.21 Å². The predicted octanol–water partition coefficient (Wildman–Crippen LogP) is 3.20. The van der Waals surface area contributed by atoms with Crippen LogP contribution in [0.15, 0.2) is 39.6 Å². The number of hydrogen-bond acceptors (Lipinski definition) is 3. The van der Waals surface area contributed by atoms with E-state index in [-0.39, 0.29) is 11.0 Å². The van der Waals surface area contributed by atoms with E-state index in [1.807, 2.05) is 30.3 Å². The molecule has 3 rings (SSSR count). The monoisotopic (exact) mass is 265 g/mol. The van der Waals surface area contributed by atoms with Gasteiger partial charge in [-0.3, -0.25) is 0 Å². The molecule has 0 amide bonds. The second-order valence-electron chi connectivity index (χ2n) is 5.14. The Morgan fingerprint density at radius 1 is 1.22 bits per heavy atom. The van der Waals surface area contributed by atoms with Crippen molar-refractivity contribution in [3.63, 3.8) is 0 Å². The Morgan fingerprint density at radius 2 is 1.89 bits per heavy atom. The van der Waals surface area contributed by atoms with E-state index in [4.69, 9.17) is 4.74 Å². The molecule has 2 fully saturated rings. The summed E-state index contributed by atoms with van der Waals surface area (Å²) in [6, 6.07) is 9.55. The summed E-state index contributed by atoms with van der Waals surface area (Å²) < 4.78 is 23.2. The molecule has 1 aromatic carbocycles.